The summed E-state index contributed by atoms with van der Waals surface area (Å²) in [4.78, 5) is 1.03. The second-order valence-electron chi connectivity index (χ2n) is 3.52. The van der Waals surface area contributed by atoms with E-state index in [4.69, 9.17) is 16.0 Å². The lowest BCUT2D eigenvalue weighted by Gasteiger charge is -2.00. The number of hydrogen-bond donors (Lipinski definition) is 0. The normalized spacial score (nSPS) is 10.6. The van der Waals surface area contributed by atoms with Crippen molar-refractivity contribution in [3.63, 3.8) is 0 Å². The Balaban J connectivity index is 2.20. The highest BCUT2D eigenvalue weighted by Gasteiger charge is 2.17. The second-order valence-corrected chi connectivity index (χ2v) is 4.65. The summed E-state index contributed by atoms with van der Waals surface area (Å²) in [6.45, 7) is 0. The van der Waals surface area contributed by atoms with Crippen molar-refractivity contribution in [2.75, 3.05) is 0 Å². The molecule has 0 bridgehead atoms. The number of aromatic nitrogens is 1. The number of hydrogen-bond acceptors (Lipinski definition) is 3. The molecule has 0 N–H and O–H groups in total. The van der Waals surface area contributed by atoms with Gasteiger partial charge in [0.15, 0.2) is 5.15 Å². The van der Waals surface area contributed by atoms with E-state index in [9.17, 15) is 0 Å². The van der Waals surface area contributed by atoms with E-state index in [-0.39, 0.29) is 0 Å². The Kier molecular flexibility index (Phi) is 2.71. The van der Waals surface area contributed by atoms with Crippen LogP contribution >= 0.6 is 23.1 Å². The van der Waals surface area contributed by atoms with Gasteiger partial charge in [0, 0.05) is 0 Å². The maximum atomic E-state index is 6.13. The standard InChI is InChI=1S/C13H8ClNOS/c14-13-11(10-7-4-8-16-10)12(17-15-13)9-5-2-1-3-6-9/h1-8H. The third-order valence-corrected chi connectivity index (χ3v) is 3.72. The minimum absolute atomic E-state index is 0.490. The fourth-order valence-electron chi connectivity index (χ4n) is 1.69. The number of nitrogens with zero attached hydrogens (tertiary/aromatic N) is 1. The lowest BCUT2D eigenvalue weighted by molar-refractivity contribution is 0.582. The summed E-state index contributed by atoms with van der Waals surface area (Å²) in [6, 6.07) is 13.8. The molecule has 0 spiro atoms. The maximum absolute atomic E-state index is 6.13. The smallest absolute Gasteiger partial charge is 0.154 e. The van der Waals surface area contributed by atoms with Gasteiger partial charge in [0.2, 0.25) is 0 Å². The van der Waals surface area contributed by atoms with Crippen LogP contribution in [0, 0.1) is 0 Å². The van der Waals surface area contributed by atoms with E-state index in [0.717, 1.165) is 21.8 Å². The van der Waals surface area contributed by atoms with Gasteiger partial charge in [-0.3, -0.25) is 0 Å². The maximum Gasteiger partial charge on any atom is 0.154 e. The minimum atomic E-state index is 0.490. The first-order valence-electron chi connectivity index (χ1n) is 5.11. The minimum Gasteiger partial charge on any atom is -0.464 e. The van der Waals surface area contributed by atoms with Crippen LogP contribution in [0.2, 0.25) is 5.15 Å². The van der Waals surface area contributed by atoms with Crippen LogP contribution in [0.5, 0.6) is 0 Å². The molecule has 3 rings (SSSR count). The van der Waals surface area contributed by atoms with Crippen molar-refractivity contribution < 1.29 is 4.42 Å². The van der Waals surface area contributed by atoms with Gasteiger partial charge in [-0.1, -0.05) is 41.9 Å². The molecule has 0 aliphatic rings. The Morgan fingerprint density at radius 1 is 1.06 bits per heavy atom. The Labute approximate surface area is 108 Å². The van der Waals surface area contributed by atoms with E-state index in [2.05, 4.69) is 4.37 Å². The summed E-state index contributed by atoms with van der Waals surface area (Å²) < 4.78 is 9.60. The summed E-state index contributed by atoms with van der Waals surface area (Å²) in [5.74, 6) is 0.752. The number of halogens is 1. The molecule has 0 saturated heterocycles. The van der Waals surface area contributed by atoms with E-state index in [1.807, 2.05) is 42.5 Å². The predicted octanol–water partition coefficient (Wildman–Crippen LogP) is 4.72. The van der Waals surface area contributed by atoms with Crippen molar-refractivity contribution >= 4 is 23.1 Å². The Bertz CT molecular complexity index is 616. The number of furan rings is 1. The molecule has 17 heavy (non-hydrogen) atoms. The summed E-state index contributed by atoms with van der Waals surface area (Å²) in [7, 11) is 0. The van der Waals surface area contributed by atoms with Crippen LogP contribution in [0.4, 0.5) is 0 Å². The van der Waals surface area contributed by atoms with Gasteiger partial charge in [0.1, 0.15) is 5.76 Å². The molecular formula is C13H8ClNOS. The highest BCUT2D eigenvalue weighted by Crippen LogP contribution is 2.40. The summed E-state index contributed by atoms with van der Waals surface area (Å²) in [5.41, 5.74) is 1.97. The number of rotatable bonds is 2. The summed E-state index contributed by atoms with van der Waals surface area (Å²) >= 11 is 7.51. The van der Waals surface area contributed by atoms with E-state index in [1.54, 1.807) is 6.26 Å². The molecule has 0 saturated carbocycles. The molecule has 84 valence electrons. The zero-order chi connectivity index (χ0) is 11.7. The highest BCUT2D eigenvalue weighted by atomic mass is 35.5. The van der Waals surface area contributed by atoms with Crippen LogP contribution in [0.1, 0.15) is 0 Å². The van der Waals surface area contributed by atoms with Crippen molar-refractivity contribution in [1.29, 1.82) is 0 Å². The molecule has 2 aromatic heterocycles. The second kappa shape index (κ2) is 4.35. The van der Waals surface area contributed by atoms with Gasteiger partial charge in [-0.15, -0.1) is 0 Å². The van der Waals surface area contributed by atoms with E-state index in [0.29, 0.717) is 5.15 Å². The van der Waals surface area contributed by atoms with E-state index >= 15 is 0 Å². The molecule has 0 amide bonds. The molecule has 0 aliphatic carbocycles. The molecule has 0 atom stereocenters. The third-order valence-electron chi connectivity index (χ3n) is 2.45. The Hall–Kier alpha value is -1.58. The van der Waals surface area contributed by atoms with Gasteiger partial charge in [-0.2, -0.15) is 4.37 Å². The molecule has 2 nitrogen and oxygen atoms in total. The van der Waals surface area contributed by atoms with E-state index in [1.165, 1.54) is 11.5 Å². The first kappa shape index (κ1) is 10.6. The molecular weight excluding hydrogens is 254 g/mol. The first-order chi connectivity index (χ1) is 8.36. The van der Waals surface area contributed by atoms with Crippen molar-refractivity contribution in [1.82, 2.24) is 4.37 Å². The van der Waals surface area contributed by atoms with Crippen LogP contribution in [0.15, 0.2) is 53.1 Å². The predicted molar refractivity (Wildman–Crippen MR) is 70.3 cm³/mol. The monoisotopic (exact) mass is 261 g/mol. The van der Waals surface area contributed by atoms with Gasteiger partial charge < -0.3 is 4.42 Å². The van der Waals surface area contributed by atoms with Crippen LogP contribution in [-0.2, 0) is 0 Å². The summed E-state index contributed by atoms with van der Waals surface area (Å²) in [5, 5.41) is 0.490. The van der Waals surface area contributed by atoms with Crippen LogP contribution in [0.25, 0.3) is 21.8 Å². The molecule has 1 aromatic carbocycles. The Morgan fingerprint density at radius 2 is 1.88 bits per heavy atom. The lowest BCUT2D eigenvalue weighted by atomic mass is 10.1. The topological polar surface area (TPSA) is 26.0 Å². The zero-order valence-corrected chi connectivity index (χ0v) is 10.3. The largest absolute Gasteiger partial charge is 0.464 e. The molecule has 0 unspecified atom stereocenters. The molecule has 0 fully saturated rings. The molecule has 0 radical (unpaired) electrons. The summed E-state index contributed by atoms with van der Waals surface area (Å²) in [6.07, 6.45) is 1.64. The zero-order valence-electron chi connectivity index (χ0n) is 8.76. The number of benzene rings is 1. The van der Waals surface area contributed by atoms with Gasteiger partial charge in [-0.25, -0.2) is 0 Å². The molecule has 0 aliphatic heterocycles. The fourth-order valence-corrected chi connectivity index (χ4v) is 2.83. The van der Waals surface area contributed by atoms with Crippen molar-refractivity contribution in [2.24, 2.45) is 0 Å². The van der Waals surface area contributed by atoms with E-state index < -0.39 is 0 Å². The first-order valence-corrected chi connectivity index (χ1v) is 6.26. The fraction of sp³-hybridized carbons (Fsp3) is 0. The van der Waals surface area contributed by atoms with Crippen molar-refractivity contribution in [2.45, 2.75) is 0 Å². The van der Waals surface area contributed by atoms with Crippen LogP contribution in [-0.4, -0.2) is 4.37 Å². The SMILES string of the molecule is Clc1nsc(-c2ccccc2)c1-c1ccco1. The van der Waals surface area contributed by atoms with Crippen molar-refractivity contribution in [3.05, 3.63) is 53.9 Å². The van der Waals surface area contributed by atoms with Gasteiger partial charge in [-0.05, 0) is 29.2 Å². The van der Waals surface area contributed by atoms with Gasteiger partial charge >= 0.3 is 0 Å². The van der Waals surface area contributed by atoms with Crippen LogP contribution < -0.4 is 0 Å². The molecule has 2 heterocycles. The van der Waals surface area contributed by atoms with Crippen LogP contribution in [0.3, 0.4) is 0 Å². The Morgan fingerprint density at radius 3 is 2.59 bits per heavy atom. The molecule has 4 heteroatoms. The molecule has 3 aromatic rings. The highest BCUT2D eigenvalue weighted by molar-refractivity contribution is 7.10. The quantitative estimate of drug-likeness (QED) is 0.667. The van der Waals surface area contributed by atoms with Gasteiger partial charge in [0.05, 0.1) is 16.7 Å². The average molecular weight is 262 g/mol. The van der Waals surface area contributed by atoms with Gasteiger partial charge in [0.25, 0.3) is 0 Å². The third kappa shape index (κ3) is 1.88. The average Bonchev–Trinajstić information content (AvgIpc) is 2.99. The lowest BCUT2D eigenvalue weighted by Crippen LogP contribution is -1.77. The van der Waals surface area contributed by atoms with Crippen molar-refractivity contribution in [3.8, 4) is 21.8 Å².